The molecule has 0 radical (unpaired) electrons. The number of rotatable bonds is 2. The van der Waals surface area contributed by atoms with Crippen LogP contribution in [0.3, 0.4) is 0 Å². The van der Waals surface area contributed by atoms with E-state index in [0.29, 0.717) is 5.92 Å². The molecule has 14 heavy (non-hydrogen) atoms. The molecule has 2 heteroatoms. The van der Waals surface area contributed by atoms with Crippen LogP contribution in [0.2, 0.25) is 0 Å². The highest BCUT2D eigenvalue weighted by Crippen LogP contribution is 2.28. The fourth-order valence-electron chi connectivity index (χ4n) is 2.92. The van der Waals surface area contributed by atoms with Gasteiger partial charge in [0.2, 0.25) is 0 Å². The number of hydrogen-bond donors (Lipinski definition) is 0. The van der Waals surface area contributed by atoms with Crippen LogP contribution < -0.4 is 0 Å². The lowest BCUT2D eigenvalue weighted by Gasteiger charge is -2.35. The molecule has 0 aromatic rings. The largest absolute Gasteiger partial charge is 0.300 e. The number of piperidine rings is 1. The standard InChI is InChI=1S/C12H20N2/c13-8-5-11-6-9-14(10-7-11)12-3-1-2-4-12/h11-12H,1-7,9-10H2. The summed E-state index contributed by atoms with van der Waals surface area (Å²) in [5.41, 5.74) is 0. The molecular formula is C12H20N2. The molecule has 0 spiro atoms. The van der Waals surface area contributed by atoms with Crippen molar-refractivity contribution >= 4 is 0 Å². The second-order valence-corrected chi connectivity index (χ2v) is 4.78. The van der Waals surface area contributed by atoms with E-state index >= 15 is 0 Å². The van der Waals surface area contributed by atoms with Crippen LogP contribution in [0, 0.1) is 17.2 Å². The lowest BCUT2D eigenvalue weighted by atomic mass is 9.93. The van der Waals surface area contributed by atoms with Crippen LogP contribution in [0.5, 0.6) is 0 Å². The van der Waals surface area contributed by atoms with E-state index in [9.17, 15) is 0 Å². The monoisotopic (exact) mass is 192 g/mol. The van der Waals surface area contributed by atoms with Gasteiger partial charge in [0.25, 0.3) is 0 Å². The number of hydrogen-bond acceptors (Lipinski definition) is 2. The molecule has 78 valence electrons. The van der Waals surface area contributed by atoms with Crippen molar-refractivity contribution in [1.82, 2.24) is 4.90 Å². The van der Waals surface area contributed by atoms with E-state index in [1.165, 1.54) is 51.6 Å². The predicted octanol–water partition coefficient (Wildman–Crippen LogP) is 2.55. The Kier molecular flexibility index (Phi) is 3.42. The molecule has 0 N–H and O–H groups in total. The van der Waals surface area contributed by atoms with Crippen LogP contribution >= 0.6 is 0 Å². The molecule has 2 fully saturated rings. The maximum absolute atomic E-state index is 8.63. The summed E-state index contributed by atoms with van der Waals surface area (Å²) in [6, 6.07) is 3.19. The highest BCUT2D eigenvalue weighted by molar-refractivity contribution is 4.85. The van der Waals surface area contributed by atoms with Gasteiger partial charge in [-0.05, 0) is 44.7 Å². The second-order valence-electron chi connectivity index (χ2n) is 4.78. The summed E-state index contributed by atoms with van der Waals surface area (Å²) in [5.74, 6) is 0.692. The summed E-state index contributed by atoms with van der Waals surface area (Å²) in [6.45, 7) is 2.49. The molecule has 0 atom stereocenters. The van der Waals surface area contributed by atoms with Gasteiger partial charge in [0.15, 0.2) is 0 Å². The van der Waals surface area contributed by atoms with Crippen LogP contribution in [-0.4, -0.2) is 24.0 Å². The summed E-state index contributed by atoms with van der Waals surface area (Å²) in [5, 5.41) is 8.63. The number of nitrogens with zero attached hydrogens (tertiary/aromatic N) is 2. The molecule has 2 nitrogen and oxygen atoms in total. The molecule has 0 bridgehead atoms. The molecule has 0 aromatic heterocycles. The minimum atomic E-state index is 0.692. The molecule has 1 saturated heterocycles. The first kappa shape index (κ1) is 9.98. The SMILES string of the molecule is N#CCC1CCN(C2CCCC2)CC1. The molecule has 0 aromatic carbocycles. The summed E-state index contributed by atoms with van der Waals surface area (Å²) in [4.78, 5) is 2.67. The van der Waals surface area contributed by atoms with E-state index in [1.807, 2.05) is 0 Å². The lowest BCUT2D eigenvalue weighted by molar-refractivity contribution is 0.135. The van der Waals surface area contributed by atoms with E-state index in [-0.39, 0.29) is 0 Å². The highest BCUT2D eigenvalue weighted by Gasteiger charge is 2.26. The van der Waals surface area contributed by atoms with Crippen molar-refractivity contribution in [2.24, 2.45) is 5.92 Å². The third kappa shape index (κ3) is 2.27. The van der Waals surface area contributed by atoms with Gasteiger partial charge in [0, 0.05) is 12.5 Å². The van der Waals surface area contributed by atoms with Crippen molar-refractivity contribution in [3.63, 3.8) is 0 Å². The van der Waals surface area contributed by atoms with Gasteiger partial charge in [-0.25, -0.2) is 0 Å². The van der Waals surface area contributed by atoms with Crippen LogP contribution in [-0.2, 0) is 0 Å². The van der Waals surface area contributed by atoms with E-state index in [0.717, 1.165) is 12.5 Å². The van der Waals surface area contributed by atoms with E-state index in [1.54, 1.807) is 0 Å². The van der Waals surface area contributed by atoms with Crippen molar-refractivity contribution < 1.29 is 0 Å². The summed E-state index contributed by atoms with van der Waals surface area (Å²) in [7, 11) is 0. The van der Waals surface area contributed by atoms with E-state index < -0.39 is 0 Å². The Morgan fingerprint density at radius 2 is 1.71 bits per heavy atom. The number of nitriles is 1. The Morgan fingerprint density at radius 1 is 1.07 bits per heavy atom. The lowest BCUT2D eigenvalue weighted by Crippen LogP contribution is -2.39. The summed E-state index contributed by atoms with van der Waals surface area (Å²) in [6.07, 6.45) is 8.99. The molecular weight excluding hydrogens is 172 g/mol. The zero-order chi connectivity index (χ0) is 9.80. The maximum atomic E-state index is 8.63. The second kappa shape index (κ2) is 4.79. The topological polar surface area (TPSA) is 27.0 Å². The van der Waals surface area contributed by atoms with Crippen molar-refractivity contribution in [3.05, 3.63) is 0 Å². The quantitative estimate of drug-likeness (QED) is 0.672. The van der Waals surface area contributed by atoms with Crippen molar-refractivity contribution in [1.29, 1.82) is 5.26 Å². The van der Waals surface area contributed by atoms with Crippen LogP contribution in [0.1, 0.15) is 44.9 Å². The van der Waals surface area contributed by atoms with Crippen molar-refractivity contribution in [2.75, 3.05) is 13.1 Å². The summed E-state index contributed by atoms with van der Waals surface area (Å²) >= 11 is 0. The molecule has 0 amide bonds. The van der Waals surface area contributed by atoms with Gasteiger partial charge in [-0.15, -0.1) is 0 Å². The van der Waals surface area contributed by atoms with Gasteiger partial charge >= 0.3 is 0 Å². The fourth-order valence-corrected chi connectivity index (χ4v) is 2.92. The minimum absolute atomic E-state index is 0.692. The Morgan fingerprint density at radius 3 is 2.29 bits per heavy atom. The van der Waals surface area contributed by atoms with Crippen LogP contribution in [0.25, 0.3) is 0 Å². The van der Waals surface area contributed by atoms with E-state index in [4.69, 9.17) is 5.26 Å². The molecule has 1 heterocycles. The predicted molar refractivity (Wildman–Crippen MR) is 56.8 cm³/mol. The van der Waals surface area contributed by atoms with Gasteiger partial charge in [-0.2, -0.15) is 5.26 Å². The zero-order valence-corrected chi connectivity index (χ0v) is 8.91. The maximum Gasteiger partial charge on any atom is 0.0624 e. The fraction of sp³-hybridized carbons (Fsp3) is 0.917. The molecule has 0 unspecified atom stereocenters. The first-order valence-electron chi connectivity index (χ1n) is 6.01. The van der Waals surface area contributed by atoms with Crippen molar-refractivity contribution in [3.8, 4) is 6.07 Å². The molecule has 1 saturated carbocycles. The Balaban J connectivity index is 1.75. The summed E-state index contributed by atoms with van der Waals surface area (Å²) < 4.78 is 0. The Hall–Kier alpha value is -0.550. The van der Waals surface area contributed by atoms with Gasteiger partial charge in [-0.3, -0.25) is 0 Å². The highest BCUT2D eigenvalue weighted by atomic mass is 15.2. The average Bonchev–Trinajstić information content (AvgIpc) is 2.72. The third-order valence-corrected chi connectivity index (χ3v) is 3.87. The van der Waals surface area contributed by atoms with Gasteiger partial charge in [0.1, 0.15) is 0 Å². The first-order chi connectivity index (χ1) is 6.90. The first-order valence-corrected chi connectivity index (χ1v) is 6.01. The number of likely N-dealkylation sites (tertiary alicyclic amines) is 1. The smallest absolute Gasteiger partial charge is 0.0624 e. The molecule has 1 aliphatic heterocycles. The third-order valence-electron chi connectivity index (χ3n) is 3.87. The normalized spacial score (nSPS) is 26.5. The Labute approximate surface area is 86.9 Å². The average molecular weight is 192 g/mol. The Bertz CT molecular complexity index is 205. The zero-order valence-electron chi connectivity index (χ0n) is 8.91. The minimum Gasteiger partial charge on any atom is -0.300 e. The van der Waals surface area contributed by atoms with Gasteiger partial charge in [-0.1, -0.05) is 12.8 Å². The molecule has 1 aliphatic carbocycles. The van der Waals surface area contributed by atoms with Gasteiger partial charge < -0.3 is 4.90 Å². The van der Waals surface area contributed by atoms with Crippen LogP contribution in [0.15, 0.2) is 0 Å². The van der Waals surface area contributed by atoms with E-state index in [2.05, 4.69) is 11.0 Å². The van der Waals surface area contributed by atoms with Crippen LogP contribution in [0.4, 0.5) is 0 Å². The molecule has 2 aliphatic rings. The van der Waals surface area contributed by atoms with Crippen molar-refractivity contribution in [2.45, 2.75) is 51.0 Å². The molecule has 2 rings (SSSR count). The van der Waals surface area contributed by atoms with Gasteiger partial charge in [0.05, 0.1) is 6.07 Å².